The molecule has 0 unspecified atom stereocenters. The van der Waals surface area contributed by atoms with Crippen molar-refractivity contribution in [1.29, 1.82) is 0 Å². The van der Waals surface area contributed by atoms with E-state index < -0.39 is 94.0 Å². The SMILES string of the molecule is CCOC(=O)/C=C/CC[C@H](CC(=O)c1cc(C(=O)O)cc([N+](=O)[O-])c1)C(=O)N[C@H](C(=O)N1CC(=O)C[C@H]1C(=O)N[C@H](C(=O)CCCC(C)C)C1CCCCC1)C(C)(C)C. The Kier molecular flexibility index (Phi) is 18.1. The summed E-state index contributed by atoms with van der Waals surface area (Å²) in [6.07, 6.45) is 8.12. The maximum atomic E-state index is 14.4. The highest BCUT2D eigenvalue weighted by Crippen LogP contribution is 2.30. The normalized spacial score (nSPS) is 17.6. The van der Waals surface area contributed by atoms with Crippen LogP contribution in [0.4, 0.5) is 5.69 Å². The number of nitro benzene ring substituents is 1. The van der Waals surface area contributed by atoms with Crippen molar-refractivity contribution in [1.82, 2.24) is 15.5 Å². The van der Waals surface area contributed by atoms with Gasteiger partial charge in [0.2, 0.25) is 17.7 Å². The lowest BCUT2D eigenvalue weighted by Gasteiger charge is -2.36. The Labute approximate surface area is 345 Å². The molecule has 1 aliphatic heterocycles. The molecule has 2 aliphatic rings. The number of Topliss-reactive ketones (excluding diaryl/α,β-unsaturated/α-hetero) is 3. The predicted molar refractivity (Wildman–Crippen MR) is 216 cm³/mol. The molecule has 4 atom stereocenters. The molecule has 1 aromatic rings. The van der Waals surface area contributed by atoms with Crippen LogP contribution < -0.4 is 10.6 Å². The van der Waals surface area contributed by atoms with Crippen LogP contribution in [0.3, 0.4) is 0 Å². The fourth-order valence-electron chi connectivity index (χ4n) is 7.59. The first-order valence-corrected chi connectivity index (χ1v) is 20.6. The molecule has 0 spiro atoms. The Balaban J connectivity index is 1.90. The summed E-state index contributed by atoms with van der Waals surface area (Å²) in [4.78, 5) is 118. The van der Waals surface area contributed by atoms with Gasteiger partial charge >= 0.3 is 11.9 Å². The minimum Gasteiger partial charge on any atom is -0.478 e. The van der Waals surface area contributed by atoms with E-state index in [0.717, 1.165) is 67.7 Å². The summed E-state index contributed by atoms with van der Waals surface area (Å²) < 4.78 is 4.89. The number of carbonyl (C=O) groups excluding carboxylic acids is 7. The van der Waals surface area contributed by atoms with E-state index in [0.29, 0.717) is 18.8 Å². The van der Waals surface area contributed by atoms with Crippen LogP contribution in [0.5, 0.6) is 0 Å². The maximum Gasteiger partial charge on any atom is 0.335 e. The lowest BCUT2D eigenvalue weighted by atomic mass is 9.81. The lowest BCUT2D eigenvalue weighted by molar-refractivity contribution is -0.384. The quantitative estimate of drug-likeness (QED) is 0.0455. The van der Waals surface area contributed by atoms with Crippen LogP contribution in [0, 0.1) is 33.3 Å². The molecule has 3 N–H and O–H groups in total. The van der Waals surface area contributed by atoms with Crippen LogP contribution in [-0.2, 0) is 33.5 Å². The van der Waals surface area contributed by atoms with Crippen molar-refractivity contribution in [3.05, 3.63) is 51.6 Å². The van der Waals surface area contributed by atoms with Crippen LogP contribution in [0.15, 0.2) is 30.4 Å². The van der Waals surface area contributed by atoms with Gasteiger partial charge in [0.15, 0.2) is 17.3 Å². The topological polar surface area (TPSA) is 236 Å². The van der Waals surface area contributed by atoms with Crippen molar-refractivity contribution in [3.63, 3.8) is 0 Å². The third-order valence-corrected chi connectivity index (χ3v) is 10.8. The Bertz CT molecular complexity index is 1740. The molecule has 1 aliphatic carbocycles. The number of esters is 1. The molecule has 1 saturated heterocycles. The van der Waals surface area contributed by atoms with Crippen molar-refractivity contribution in [3.8, 4) is 0 Å². The number of allylic oxidation sites excluding steroid dienone is 1. The number of nitrogens with zero attached hydrogens (tertiary/aromatic N) is 2. The van der Waals surface area contributed by atoms with Crippen molar-refractivity contribution in [2.75, 3.05) is 13.2 Å². The molecular formula is C43H60N4O12. The Morgan fingerprint density at radius 2 is 1.66 bits per heavy atom. The van der Waals surface area contributed by atoms with Gasteiger partial charge in [-0.05, 0) is 62.3 Å². The number of nitrogens with one attached hydrogen (secondary N) is 2. The molecule has 0 radical (unpaired) electrons. The lowest BCUT2D eigenvalue weighted by Crippen LogP contribution is -2.59. The zero-order valence-electron chi connectivity index (χ0n) is 35.1. The molecule has 59 heavy (non-hydrogen) atoms. The summed E-state index contributed by atoms with van der Waals surface area (Å²) in [5.41, 5.74) is -2.44. The zero-order chi connectivity index (χ0) is 44.0. The highest BCUT2D eigenvalue weighted by Gasteiger charge is 2.46. The number of aromatic carboxylic acids is 1. The maximum absolute atomic E-state index is 14.4. The molecular weight excluding hydrogens is 764 g/mol. The zero-order valence-corrected chi connectivity index (χ0v) is 35.1. The largest absolute Gasteiger partial charge is 0.478 e. The van der Waals surface area contributed by atoms with E-state index in [-0.39, 0.29) is 48.9 Å². The second-order valence-electron chi connectivity index (χ2n) is 17.1. The van der Waals surface area contributed by atoms with E-state index in [9.17, 15) is 53.6 Å². The van der Waals surface area contributed by atoms with Crippen LogP contribution in [0.2, 0.25) is 0 Å². The molecule has 16 nitrogen and oxygen atoms in total. The van der Waals surface area contributed by atoms with Gasteiger partial charge in [0.25, 0.3) is 5.69 Å². The number of ether oxygens (including phenoxy) is 1. The number of nitro groups is 1. The van der Waals surface area contributed by atoms with Gasteiger partial charge in [0, 0.05) is 49.0 Å². The molecule has 2 fully saturated rings. The minimum absolute atomic E-state index is 0.0414. The first-order valence-electron chi connectivity index (χ1n) is 20.6. The second-order valence-corrected chi connectivity index (χ2v) is 17.1. The van der Waals surface area contributed by atoms with Gasteiger partial charge in [-0.2, -0.15) is 0 Å². The summed E-state index contributed by atoms with van der Waals surface area (Å²) in [7, 11) is 0. The standard InChI is InChI=1S/C43H60N4O12/c1-7-59-36(51)19-12-11-17-28(23-35(50)29-20-30(42(55)56)22-31(21-29)47(57)58)39(52)45-38(43(4,5)6)41(54)46-25-32(48)24-33(46)40(53)44-37(27-15-9-8-10-16-27)34(49)18-13-14-26(2)3/h12,19-22,26-28,33,37-38H,7-11,13-18,23-25H2,1-6H3,(H,44,53)(H,45,52)(H,55,56)/b19-12+/t28-,33+,37+,38-/m1/s1. The average molecular weight is 825 g/mol. The summed E-state index contributed by atoms with van der Waals surface area (Å²) in [5.74, 6) is -6.29. The van der Waals surface area contributed by atoms with E-state index in [1.165, 1.54) is 6.08 Å². The Morgan fingerprint density at radius 1 is 1.00 bits per heavy atom. The van der Waals surface area contributed by atoms with Crippen molar-refractivity contribution >= 4 is 52.7 Å². The molecule has 1 aromatic carbocycles. The summed E-state index contributed by atoms with van der Waals surface area (Å²) >= 11 is 0. The fraction of sp³-hybridized carbons (Fsp3) is 0.628. The molecule has 0 aromatic heterocycles. The van der Waals surface area contributed by atoms with Gasteiger partial charge in [-0.1, -0.05) is 66.4 Å². The molecule has 3 amide bonds. The first kappa shape index (κ1) is 48.1. The van der Waals surface area contributed by atoms with E-state index in [1.807, 2.05) is 0 Å². The molecule has 16 heteroatoms. The van der Waals surface area contributed by atoms with Gasteiger partial charge in [0.1, 0.15) is 12.1 Å². The van der Waals surface area contributed by atoms with Crippen LogP contribution in [0.25, 0.3) is 0 Å². The summed E-state index contributed by atoms with van der Waals surface area (Å²) in [6, 6.07) is -0.598. The number of hydrogen-bond donors (Lipinski definition) is 3. The summed E-state index contributed by atoms with van der Waals surface area (Å²) in [5, 5.41) is 26.7. The van der Waals surface area contributed by atoms with Gasteiger partial charge in [-0.3, -0.25) is 38.9 Å². The number of carbonyl (C=O) groups is 8. The number of likely N-dealkylation sites (tertiary alicyclic amines) is 1. The smallest absolute Gasteiger partial charge is 0.335 e. The Morgan fingerprint density at radius 3 is 2.25 bits per heavy atom. The van der Waals surface area contributed by atoms with Gasteiger partial charge in [-0.25, -0.2) is 9.59 Å². The monoisotopic (exact) mass is 824 g/mol. The van der Waals surface area contributed by atoms with Crippen LogP contribution in [-0.4, -0.2) is 93.2 Å². The van der Waals surface area contributed by atoms with Crippen molar-refractivity contribution < 1.29 is 53.1 Å². The minimum atomic E-state index is -1.50. The second kappa shape index (κ2) is 22.2. The third kappa shape index (κ3) is 14.5. The van der Waals surface area contributed by atoms with Gasteiger partial charge < -0.3 is 25.4 Å². The fourth-order valence-corrected chi connectivity index (χ4v) is 7.59. The van der Waals surface area contributed by atoms with Crippen LogP contribution in [0.1, 0.15) is 139 Å². The number of carboxylic acids is 1. The molecule has 1 heterocycles. The van der Waals surface area contributed by atoms with E-state index in [1.54, 1.807) is 27.7 Å². The number of carboxylic acid groups (broad SMARTS) is 1. The highest BCUT2D eigenvalue weighted by atomic mass is 16.6. The number of rotatable bonds is 21. The third-order valence-electron chi connectivity index (χ3n) is 10.8. The number of non-ortho nitro benzene ring substituents is 1. The van der Waals surface area contributed by atoms with Crippen LogP contribution >= 0.6 is 0 Å². The van der Waals surface area contributed by atoms with Gasteiger partial charge in [0.05, 0.1) is 29.7 Å². The van der Waals surface area contributed by atoms with Crippen molar-refractivity contribution in [2.45, 2.75) is 137 Å². The number of benzene rings is 1. The number of hydrogen-bond acceptors (Lipinski definition) is 11. The van der Waals surface area contributed by atoms with E-state index >= 15 is 0 Å². The van der Waals surface area contributed by atoms with Crippen molar-refractivity contribution in [2.24, 2.45) is 23.2 Å². The van der Waals surface area contributed by atoms with E-state index in [4.69, 9.17) is 4.74 Å². The molecule has 3 rings (SSSR count). The predicted octanol–water partition coefficient (Wildman–Crippen LogP) is 5.54. The molecule has 1 saturated carbocycles. The van der Waals surface area contributed by atoms with E-state index in [2.05, 4.69) is 24.5 Å². The highest BCUT2D eigenvalue weighted by molar-refractivity contribution is 6.03. The number of ketones is 3. The molecule has 0 bridgehead atoms. The first-order chi connectivity index (χ1) is 27.7. The average Bonchev–Trinajstić information content (AvgIpc) is 3.57. The molecule has 324 valence electrons. The summed E-state index contributed by atoms with van der Waals surface area (Å²) in [6.45, 7) is 10.6. The van der Waals surface area contributed by atoms with Gasteiger partial charge in [-0.15, -0.1) is 0 Å². The Hall–Kier alpha value is -5.28. The number of amides is 3.